The third kappa shape index (κ3) is 8.14. The molecule has 5 nitrogen and oxygen atoms in total. The van der Waals surface area contributed by atoms with Gasteiger partial charge in [-0.15, -0.1) is 0 Å². The zero-order valence-electron chi connectivity index (χ0n) is 19.0. The summed E-state index contributed by atoms with van der Waals surface area (Å²) < 4.78 is 41.0. The molecule has 0 atom stereocenters. The average Bonchev–Trinajstić information content (AvgIpc) is 2.81. The number of nitrogens with zero attached hydrogens (tertiary/aromatic N) is 3. The topological polar surface area (TPSA) is 36.0 Å². The zero-order valence-corrected chi connectivity index (χ0v) is 19.0. The van der Waals surface area contributed by atoms with Gasteiger partial charge in [0.2, 0.25) is 5.91 Å². The van der Waals surface area contributed by atoms with Crippen molar-refractivity contribution in [3.8, 4) is 0 Å². The normalized spacial score (nSPS) is 15.7. The molecule has 8 heteroatoms. The molecule has 0 saturated carbocycles. The first kappa shape index (κ1) is 25.2. The van der Waals surface area contributed by atoms with Gasteiger partial charge in [0.15, 0.2) is 0 Å². The first-order valence-electron chi connectivity index (χ1n) is 11.3. The summed E-state index contributed by atoms with van der Waals surface area (Å²) >= 11 is 0. The van der Waals surface area contributed by atoms with Crippen molar-refractivity contribution in [2.45, 2.75) is 18.6 Å². The molecule has 180 valence electrons. The second kappa shape index (κ2) is 12.2. The SMILES string of the molecule is CN(C(=O)CN1CCN(CCCOCC(F)(F)F)CC1)C(c1ccccc1)c1ccccc1. The molecule has 1 amide bonds. The summed E-state index contributed by atoms with van der Waals surface area (Å²) in [4.78, 5) is 19.3. The number of carbonyl (C=O) groups excluding carboxylic acids is 1. The lowest BCUT2D eigenvalue weighted by atomic mass is 9.97. The third-order valence-electron chi connectivity index (χ3n) is 5.86. The monoisotopic (exact) mass is 463 g/mol. The van der Waals surface area contributed by atoms with Gasteiger partial charge >= 0.3 is 6.18 Å². The highest BCUT2D eigenvalue weighted by Crippen LogP contribution is 2.27. The highest BCUT2D eigenvalue weighted by atomic mass is 19.4. The van der Waals surface area contributed by atoms with E-state index in [9.17, 15) is 18.0 Å². The van der Waals surface area contributed by atoms with Gasteiger partial charge in [-0.1, -0.05) is 60.7 Å². The Morgan fingerprint density at radius 2 is 1.45 bits per heavy atom. The van der Waals surface area contributed by atoms with Gasteiger partial charge in [-0.3, -0.25) is 9.69 Å². The van der Waals surface area contributed by atoms with E-state index in [0.29, 0.717) is 19.5 Å². The summed E-state index contributed by atoms with van der Waals surface area (Å²) in [5.74, 6) is 0.0571. The molecule has 2 aromatic rings. The molecule has 1 aliphatic rings. The van der Waals surface area contributed by atoms with Crippen molar-refractivity contribution in [2.24, 2.45) is 0 Å². The predicted molar refractivity (Wildman–Crippen MR) is 122 cm³/mol. The fraction of sp³-hybridized carbons (Fsp3) is 0.480. The molecule has 0 radical (unpaired) electrons. The number of alkyl halides is 3. The lowest BCUT2D eigenvalue weighted by molar-refractivity contribution is -0.174. The number of likely N-dealkylation sites (N-methyl/N-ethyl adjacent to an activating group) is 1. The lowest BCUT2D eigenvalue weighted by Crippen LogP contribution is -2.50. The Balaban J connectivity index is 1.47. The standard InChI is InChI=1S/C25H32F3N3O2/c1-29(24(21-9-4-2-5-10-21)22-11-6-3-7-12-22)23(32)19-31-16-14-30(15-17-31)13-8-18-33-20-25(26,27)28/h2-7,9-12,24H,8,13-20H2,1H3. The Hall–Kier alpha value is -2.42. The molecule has 1 aliphatic heterocycles. The van der Waals surface area contributed by atoms with Crippen molar-refractivity contribution in [3.63, 3.8) is 0 Å². The van der Waals surface area contributed by atoms with Crippen molar-refractivity contribution < 1.29 is 22.7 Å². The van der Waals surface area contributed by atoms with Crippen LogP contribution in [0, 0.1) is 0 Å². The quantitative estimate of drug-likeness (QED) is 0.502. The fourth-order valence-electron chi connectivity index (χ4n) is 4.11. The Morgan fingerprint density at radius 1 is 0.939 bits per heavy atom. The molecular weight excluding hydrogens is 431 g/mol. The largest absolute Gasteiger partial charge is 0.411 e. The van der Waals surface area contributed by atoms with Crippen LogP contribution in [-0.4, -0.2) is 86.3 Å². The summed E-state index contributed by atoms with van der Waals surface area (Å²) in [6, 6.07) is 19.9. The van der Waals surface area contributed by atoms with E-state index in [2.05, 4.69) is 14.5 Å². The smallest absolute Gasteiger partial charge is 0.372 e. The lowest BCUT2D eigenvalue weighted by Gasteiger charge is -2.36. The van der Waals surface area contributed by atoms with E-state index in [-0.39, 0.29) is 18.6 Å². The van der Waals surface area contributed by atoms with Gasteiger partial charge in [0.05, 0.1) is 12.6 Å². The molecule has 0 spiro atoms. The minimum atomic E-state index is -4.27. The first-order chi connectivity index (χ1) is 15.8. The minimum Gasteiger partial charge on any atom is -0.372 e. The molecule has 1 heterocycles. The molecule has 0 N–H and O–H groups in total. The molecule has 0 aromatic heterocycles. The van der Waals surface area contributed by atoms with Gasteiger partial charge in [-0.25, -0.2) is 0 Å². The van der Waals surface area contributed by atoms with Crippen LogP contribution in [0.2, 0.25) is 0 Å². The summed E-state index contributed by atoms with van der Waals surface area (Å²) in [5.41, 5.74) is 2.13. The van der Waals surface area contributed by atoms with Crippen LogP contribution >= 0.6 is 0 Å². The Bertz CT molecular complexity index is 801. The zero-order chi connectivity index (χ0) is 23.7. The molecule has 0 unspecified atom stereocenters. The van der Waals surface area contributed by atoms with E-state index in [1.807, 2.05) is 72.6 Å². The van der Waals surface area contributed by atoms with Crippen LogP contribution in [0.3, 0.4) is 0 Å². The molecule has 2 aromatic carbocycles. The van der Waals surface area contributed by atoms with Gasteiger partial charge in [0, 0.05) is 46.4 Å². The summed E-state index contributed by atoms with van der Waals surface area (Å²) in [5, 5.41) is 0. The van der Waals surface area contributed by atoms with Crippen molar-refractivity contribution in [1.82, 2.24) is 14.7 Å². The van der Waals surface area contributed by atoms with E-state index in [1.54, 1.807) is 0 Å². The van der Waals surface area contributed by atoms with Crippen LogP contribution in [0.1, 0.15) is 23.6 Å². The number of halogens is 3. The maximum atomic E-state index is 13.2. The van der Waals surface area contributed by atoms with E-state index >= 15 is 0 Å². The number of amides is 1. The van der Waals surface area contributed by atoms with Crippen LogP contribution in [0.25, 0.3) is 0 Å². The van der Waals surface area contributed by atoms with E-state index in [1.165, 1.54) is 0 Å². The number of hydrogen-bond donors (Lipinski definition) is 0. The second-order valence-corrected chi connectivity index (χ2v) is 8.37. The maximum absolute atomic E-state index is 13.2. The molecule has 3 rings (SSSR count). The summed E-state index contributed by atoms with van der Waals surface area (Å²) in [6.45, 7) is 3.04. The molecule has 0 bridgehead atoms. The number of benzene rings is 2. The fourth-order valence-corrected chi connectivity index (χ4v) is 4.11. The van der Waals surface area contributed by atoms with Gasteiger partial charge < -0.3 is 14.5 Å². The highest BCUT2D eigenvalue weighted by molar-refractivity contribution is 5.79. The number of rotatable bonds is 10. The van der Waals surface area contributed by atoms with Crippen LogP contribution in [0.15, 0.2) is 60.7 Å². The van der Waals surface area contributed by atoms with Crippen molar-refractivity contribution in [2.75, 3.05) is 59.5 Å². The number of ether oxygens (including phenoxy) is 1. The highest BCUT2D eigenvalue weighted by Gasteiger charge is 2.28. The molecule has 1 fully saturated rings. The molecule has 33 heavy (non-hydrogen) atoms. The second-order valence-electron chi connectivity index (χ2n) is 8.37. The predicted octanol–water partition coefficient (Wildman–Crippen LogP) is 3.82. The third-order valence-corrected chi connectivity index (χ3v) is 5.86. The van der Waals surface area contributed by atoms with Gasteiger partial charge in [-0.2, -0.15) is 13.2 Å². The number of carbonyl (C=O) groups is 1. The number of hydrogen-bond acceptors (Lipinski definition) is 4. The minimum absolute atomic E-state index is 0.0571. The number of piperazine rings is 1. The van der Waals surface area contributed by atoms with E-state index < -0.39 is 12.8 Å². The van der Waals surface area contributed by atoms with Crippen molar-refractivity contribution in [1.29, 1.82) is 0 Å². The maximum Gasteiger partial charge on any atom is 0.411 e. The van der Waals surface area contributed by atoms with Crippen LogP contribution < -0.4 is 0 Å². The van der Waals surface area contributed by atoms with E-state index in [0.717, 1.165) is 37.3 Å². The summed E-state index contributed by atoms with van der Waals surface area (Å²) in [7, 11) is 1.85. The van der Waals surface area contributed by atoms with Gasteiger partial charge in [0.25, 0.3) is 0 Å². The Kier molecular flexibility index (Phi) is 9.29. The van der Waals surface area contributed by atoms with Crippen LogP contribution in [0.4, 0.5) is 13.2 Å². The van der Waals surface area contributed by atoms with Crippen LogP contribution in [0.5, 0.6) is 0 Å². The summed E-state index contributed by atoms with van der Waals surface area (Å²) in [6.07, 6.45) is -3.71. The molecule has 1 saturated heterocycles. The first-order valence-corrected chi connectivity index (χ1v) is 11.3. The van der Waals surface area contributed by atoms with Gasteiger partial charge in [-0.05, 0) is 17.5 Å². The van der Waals surface area contributed by atoms with Crippen molar-refractivity contribution >= 4 is 5.91 Å². The average molecular weight is 464 g/mol. The van der Waals surface area contributed by atoms with Crippen LogP contribution in [-0.2, 0) is 9.53 Å². The Morgan fingerprint density at radius 3 is 1.97 bits per heavy atom. The van der Waals surface area contributed by atoms with Gasteiger partial charge in [0.1, 0.15) is 6.61 Å². The van der Waals surface area contributed by atoms with E-state index in [4.69, 9.17) is 0 Å². The van der Waals surface area contributed by atoms with Crippen molar-refractivity contribution in [3.05, 3.63) is 71.8 Å². The Labute approximate surface area is 193 Å². The molecule has 0 aliphatic carbocycles. The molecular formula is C25H32F3N3O2.